The zero-order valence-corrected chi connectivity index (χ0v) is 11.5. The fraction of sp³-hybridized carbons (Fsp3) is 0.538. The van der Waals surface area contributed by atoms with E-state index in [1.54, 1.807) is 0 Å². The van der Waals surface area contributed by atoms with Crippen LogP contribution in [0.1, 0.15) is 24.8 Å². The first-order valence-corrected chi connectivity index (χ1v) is 8.17. The lowest BCUT2D eigenvalue weighted by Gasteiger charge is -2.06. The predicted molar refractivity (Wildman–Crippen MR) is 73.8 cm³/mol. The van der Waals surface area contributed by atoms with Gasteiger partial charge in [-0.2, -0.15) is 0 Å². The molecular formula is C13H22NO3P. The number of nitrogens with one attached hydrogen (secondary N) is 1. The van der Waals surface area contributed by atoms with Crippen molar-refractivity contribution in [2.24, 2.45) is 0 Å². The van der Waals surface area contributed by atoms with E-state index in [1.807, 2.05) is 18.2 Å². The van der Waals surface area contributed by atoms with E-state index >= 15 is 0 Å². The number of rotatable bonds is 9. The van der Waals surface area contributed by atoms with Crippen molar-refractivity contribution in [1.82, 2.24) is 5.32 Å². The smallest absolute Gasteiger partial charge is 0.324 e. The summed E-state index contributed by atoms with van der Waals surface area (Å²) in [6, 6.07) is 10.4. The predicted octanol–water partition coefficient (Wildman–Crippen LogP) is 2.17. The monoisotopic (exact) mass is 271 g/mol. The van der Waals surface area contributed by atoms with Gasteiger partial charge < -0.3 is 15.1 Å². The summed E-state index contributed by atoms with van der Waals surface area (Å²) in [4.78, 5) is 17.4. The van der Waals surface area contributed by atoms with Crippen molar-refractivity contribution in [3.05, 3.63) is 35.9 Å². The number of benzene rings is 1. The average molecular weight is 271 g/mol. The van der Waals surface area contributed by atoms with E-state index in [-0.39, 0.29) is 6.16 Å². The van der Waals surface area contributed by atoms with Crippen LogP contribution in [0.4, 0.5) is 0 Å². The average Bonchev–Trinajstić information content (AvgIpc) is 2.32. The highest BCUT2D eigenvalue weighted by Crippen LogP contribution is 2.35. The minimum Gasteiger partial charge on any atom is -0.324 e. The van der Waals surface area contributed by atoms with Gasteiger partial charge in [-0.3, -0.25) is 4.57 Å². The van der Waals surface area contributed by atoms with Gasteiger partial charge in [0.15, 0.2) is 0 Å². The maximum atomic E-state index is 10.6. The summed E-state index contributed by atoms with van der Waals surface area (Å²) in [7, 11) is -3.79. The third-order valence-corrected chi connectivity index (χ3v) is 3.61. The van der Waals surface area contributed by atoms with Crippen molar-refractivity contribution >= 4 is 7.60 Å². The van der Waals surface area contributed by atoms with Crippen LogP contribution in [-0.4, -0.2) is 29.0 Å². The molecule has 0 aromatic heterocycles. The maximum absolute atomic E-state index is 10.6. The van der Waals surface area contributed by atoms with Crippen LogP contribution >= 0.6 is 7.60 Å². The topological polar surface area (TPSA) is 69.6 Å². The van der Waals surface area contributed by atoms with E-state index in [0.717, 1.165) is 32.4 Å². The Hall–Kier alpha value is -0.670. The Kier molecular flexibility index (Phi) is 7.21. The van der Waals surface area contributed by atoms with Gasteiger partial charge in [0.2, 0.25) is 0 Å². The molecule has 18 heavy (non-hydrogen) atoms. The van der Waals surface area contributed by atoms with Crippen LogP contribution in [-0.2, 0) is 11.0 Å². The van der Waals surface area contributed by atoms with Crippen LogP contribution in [0.2, 0.25) is 0 Å². The van der Waals surface area contributed by atoms with Crippen LogP contribution in [0, 0.1) is 0 Å². The highest BCUT2D eigenvalue weighted by molar-refractivity contribution is 7.51. The first-order valence-electron chi connectivity index (χ1n) is 6.37. The molecule has 0 radical (unpaired) electrons. The molecule has 0 fully saturated rings. The van der Waals surface area contributed by atoms with Crippen LogP contribution < -0.4 is 5.32 Å². The number of hydrogen-bond acceptors (Lipinski definition) is 2. The molecule has 3 N–H and O–H groups in total. The lowest BCUT2D eigenvalue weighted by Crippen LogP contribution is -2.17. The van der Waals surface area contributed by atoms with E-state index in [2.05, 4.69) is 17.4 Å². The number of hydrogen-bond donors (Lipinski definition) is 3. The van der Waals surface area contributed by atoms with Crippen molar-refractivity contribution in [3.8, 4) is 0 Å². The second-order valence-corrected chi connectivity index (χ2v) is 6.21. The second kappa shape index (κ2) is 8.44. The molecule has 0 heterocycles. The molecule has 4 nitrogen and oxygen atoms in total. The molecule has 0 atom stereocenters. The van der Waals surface area contributed by atoms with Gasteiger partial charge in [0.05, 0.1) is 0 Å². The largest absolute Gasteiger partial charge is 0.325 e. The Morgan fingerprint density at radius 3 is 2.33 bits per heavy atom. The van der Waals surface area contributed by atoms with Crippen molar-refractivity contribution in [3.63, 3.8) is 0 Å². The van der Waals surface area contributed by atoms with Gasteiger partial charge in [0, 0.05) is 6.16 Å². The Morgan fingerprint density at radius 1 is 1.00 bits per heavy atom. The third kappa shape index (κ3) is 8.43. The SMILES string of the molecule is O=P(O)(O)CCCCNCCCc1ccccc1. The molecule has 0 saturated carbocycles. The normalized spacial score (nSPS) is 11.7. The molecule has 0 aliphatic rings. The molecule has 0 aliphatic carbocycles. The van der Waals surface area contributed by atoms with Gasteiger partial charge in [0.1, 0.15) is 0 Å². The summed E-state index contributed by atoms with van der Waals surface area (Å²) < 4.78 is 10.6. The third-order valence-electron chi connectivity index (χ3n) is 2.71. The Morgan fingerprint density at radius 2 is 1.67 bits per heavy atom. The summed E-state index contributed by atoms with van der Waals surface area (Å²) in [5, 5.41) is 3.29. The molecule has 0 bridgehead atoms. The first-order chi connectivity index (χ1) is 8.58. The van der Waals surface area contributed by atoms with Gasteiger partial charge in [-0.1, -0.05) is 30.3 Å². The van der Waals surface area contributed by atoms with Gasteiger partial charge in [-0.15, -0.1) is 0 Å². The fourth-order valence-corrected chi connectivity index (χ4v) is 2.39. The Balaban J connectivity index is 1.92. The van der Waals surface area contributed by atoms with Gasteiger partial charge in [-0.05, 0) is 44.3 Å². The zero-order chi connectivity index (χ0) is 13.3. The molecule has 0 amide bonds. The van der Waals surface area contributed by atoms with E-state index in [0.29, 0.717) is 6.42 Å². The number of aryl methyl sites for hydroxylation is 1. The zero-order valence-electron chi connectivity index (χ0n) is 10.6. The van der Waals surface area contributed by atoms with Crippen molar-refractivity contribution < 1.29 is 14.4 Å². The molecule has 0 aliphatic heterocycles. The summed E-state index contributed by atoms with van der Waals surface area (Å²) in [6.07, 6.45) is 3.55. The van der Waals surface area contributed by atoms with E-state index < -0.39 is 7.60 Å². The summed E-state index contributed by atoms with van der Waals surface area (Å²) in [5.74, 6) is 0. The molecule has 0 saturated heterocycles. The molecule has 0 unspecified atom stereocenters. The summed E-state index contributed by atoms with van der Waals surface area (Å²) >= 11 is 0. The first kappa shape index (κ1) is 15.4. The summed E-state index contributed by atoms with van der Waals surface area (Å²) in [5.41, 5.74) is 1.35. The van der Waals surface area contributed by atoms with Crippen molar-refractivity contribution in [2.45, 2.75) is 25.7 Å². The molecule has 5 heteroatoms. The minimum atomic E-state index is -3.79. The quantitative estimate of drug-likeness (QED) is 0.475. The van der Waals surface area contributed by atoms with Crippen LogP contribution in [0.15, 0.2) is 30.3 Å². The molecule has 0 spiro atoms. The highest BCUT2D eigenvalue weighted by atomic mass is 31.2. The van der Waals surface area contributed by atoms with Gasteiger partial charge in [-0.25, -0.2) is 0 Å². The highest BCUT2D eigenvalue weighted by Gasteiger charge is 2.10. The summed E-state index contributed by atoms with van der Waals surface area (Å²) in [6.45, 7) is 1.78. The van der Waals surface area contributed by atoms with E-state index in [1.165, 1.54) is 5.56 Å². The number of unbranched alkanes of at least 4 members (excludes halogenated alkanes) is 1. The van der Waals surface area contributed by atoms with Crippen molar-refractivity contribution in [1.29, 1.82) is 0 Å². The lowest BCUT2D eigenvalue weighted by molar-refractivity contribution is 0.371. The van der Waals surface area contributed by atoms with E-state index in [9.17, 15) is 4.57 Å². The minimum absolute atomic E-state index is 0.00129. The van der Waals surface area contributed by atoms with Gasteiger partial charge >= 0.3 is 7.60 Å². The molecule has 1 aromatic rings. The standard InChI is InChI=1S/C13H22NO3P/c15-18(16,17)12-5-4-10-14-11-6-9-13-7-2-1-3-8-13/h1-3,7-8,14H,4-6,9-12H2,(H2,15,16,17). The molecule has 1 aromatic carbocycles. The Bertz CT molecular complexity index is 364. The molecule has 102 valence electrons. The maximum Gasteiger partial charge on any atom is 0.325 e. The molecule has 1 rings (SSSR count). The Labute approximate surface area is 109 Å². The lowest BCUT2D eigenvalue weighted by atomic mass is 10.1. The van der Waals surface area contributed by atoms with Crippen LogP contribution in [0.25, 0.3) is 0 Å². The van der Waals surface area contributed by atoms with Crippen molar-refractivity contribution in [2.75, 3.05) is 19.3 Å². The van der Waals surface area contributed by atoms with Crippen LogP contribution in [0.5, 0.6) is 0 Å². The van der Waals surface area contributed by atoms with Gasteiger partial charge in [0.25, 0.3) is 0 Å². The second-order valence-electron chi connectivity index (χ2n) is 4.43. The fourth-order valence-electron chi connectivity index (χ4n) is 1.75. The molecular weight excluding hydrogens is 249 g/mol. The van der Waals surface area contributed by atoms with Crippen LogP contribution in [0.3, 0.4) is 0 Å². The van der Waals surface area contributed by atoms with E-state index in [4.69, 9.17) is 9.79 Å².